The largest absolute Gasteiger partial charge is 0.361 e. The number of aromatic amines is 1. The van der Waals surface area contributed by atoms with Crippen molar-refractivity contribution in [1.82, 2.24) is 25.3 Å². The summed E-state index contributed by atoms with van der Waals surface area (Å²) in [6.45, 7) is 2.11. The molecule has 2 fully saturated rings. The van der Waals surface area contributed by atoms with Crippen molar-refractivity contribution in [3.8, 4) is 11.3 Å². The predicted molar refractivity (Wildman–Crippen MR) is 98.8 cm³/mol. The fourth-order valence-corrected chi connectivity index (χ4v) is 3.74. The van der Waals surface area contributed by atoms with Gasteiger partial charge in [0, 0.05) is 25.7 Å². The number of morpholine rings is 1. The van der Waals surface area contributed by atoms with E-state index in [9.17, 15) is 9.59 Å². The van der Waals surface area contributed by atoms with E-state index in [0.29, 0.717) is 26.2 Å². The third kappa shape index (κ3) is 3.52. The minimum absolute atomic E-state index is 0.0167. The maximum absolute atomic E-state index is 12.6. The Balaban J connectivity index is 1.36. The molecule has 1 spiro atoms. The fraction of sp³-hybridized carbons (Fsp3) is 0.421. The minimum atomic E-state index is -0.440. The maximum atomic E-state index is 12.6. The Morgan fingerprint density at radius 1 is 1.33 bits per heavy atom. The average molecular weight is 369 g/mol. The fourth-order valence-electron chi connectivity index (χ4n) is 3.74. The smallest absolute Gasteiger partial charge is 0.317 e. The SMILES string of the molecule is CN1C[C@@]2(CCN(C(=O)NCc3cn[nH]c3-c3ccccc3)C2)OCC1=O. The van der Waals surface area contributed by atoms with Crippen molar-refractivity contribution in [2.75, 3.05) is 33.3 Å². The molecule has 1 atom stereocenters. The summed E-state index contributed by atoms with van der Waals surface area (Å²) < 4.78 is 5.79. The van der Waals surface area contributed by atoms with Crippen LogP contribution in [0, 0.1) is 0 Å². The number of hydrogen-bond donors (Lipinski definition) is 2. The number of nitrogens with zero attached hydrogens (tertiary/aromatic N) is 3. The Kier molecular flexibility index (Phi) is 4.57. The summed E-state index contributed by atoms with van der Waals surface area (Å²) in [5.41, 5.74) is 2.43. The van der Waals surface area contributed by atoms with E-state index in [1.165, 1.54) is 0 Å². The molecule has 0 bridgehead atoms. The second-order valence-electron chi connectivity index (χ2n) is 7.19. The quantitative estimate of drug-likeness (QED) is 0.851. The molecule has 2 aliphatic rings. The van der Waals surface area contributed by atoms with Crippen molar-refractivity contribution >= 4 is 11.9 Å². The van der Waals surface area contributed by atoms with E-state index >= 15 is 0 Å². The number of ether oxygens (including phenoxy) is 1. The van der Waals surface area contributed by atoms with Crippen LogP contribution in [0.3, 0.4) is 0 Å². The molecule has 142 valence electrons. The van der Waals surface area contributed by atoms with Gasteiger partial charge in [0.05, 0.1) is 25.0 Å². The lowest BCUT2D eigenvalue weighted by Crippen LogP contribution is -2.55. The molecule has 2 N–H and O–H groups in total. The molecule has 3 heterocycles. The van der Waals surface area contributed by atoms with Crippen LogP contribution in [-0.4, -0.2) is 70.8 Å². The lowest BCUT2D eigenvalue weighted by atomic mass is 10.0. The first kappa shape index (κ1) is 17.5. The van der Waals surface area contributed by atoms with Crippen LogP contribution in [0.5, 0.6) is 0 Å². The van der Waals surface area contributed by atoms with Crippen molar-refractivity contribution in [1.29, 1.82) is 0 Å². The maximum Gasteiger partial charge on any atom is 0.317 e. The summed E-state index contributed by atoms with van der Waals surface area (Å²) >= 11 is 0. The number of nitrogens with one attached hydrogen (secondary N) is 2. The first-order valence-corrected chi connectivity index (χ1v) is 9.05. The molecule has 2 aliphatic heterocycles. The molecule has 8 nitrogen and oxygen atoms in total. The van der Waals surface area contributed by atoms with Gasteiger partial charge >= 0.3 is 6.03 Å². The van der Waals surface area contributed by atoms with Gasteiger partial charge < -0.3 is 19.9 Å². The van der Waals surface area contributed by atoms with E-state index in [2.05, 4.69) is 15.5 Å². The molecule has 0 aliphatic carbocycles. The molecule has 2 aromatic rings. The second kappa shape index (κ2) is 7.03. The van der Waals surface area contributed by atoms with E-state index in [-0.39, 0.29) is 18.5 Å². The Morgan fingerprint density at radius 2 is 2.15 bits per heavy atom. The van der Waals surface area contributed by atoms with Gasteiger partial charge in [-0.15, -0.1) is 0 Å². The normalized spacial score (nSPS) is 22.5. The zero-order chi connectivity index (χ0) is 18.9. The number of amides is 3. The van der Waals surface area contributed by atoms with Gasteiger partial charge in [0.15, 0.2) is 0 Å². The van der Waals surface area contributed by atoms with Crippen LogP contribution in [0.2, 0.25) is 0 Å². The van der Waals surface area contributed by atoms with Gasteiger partial charge in [-0.2, -0.15) is 5.10 Å². The number of benzene rings is 1. The topological polar surface area (TPSA) is 90.6 Å². The molecular formula is C19H23N5O3. The van der Waals surface area contributed by atoms with Crippen LogP contribution >= 0.6 is 0 Å². The highest BCUT2D eigenvalue weighted by atomic mass is 16.5. The molecule has 4 rings (SSSR count). The highest BCUT2D eigenvalue weighted by molar-refractivity contribution is 5.78. The number of carbonyl (C=O) groups excluding carboxylic acids is 2. The molecule has 1 aromatic heterocycles. The van der Waals surface area contributed by atoms with Gasteiger partial charge in [0.1, 0.15) is 12.2 Å². The van der Waals surface area contributed by atoms with E-state index < -0.39 is 5.60 Å². The van der Waals surface area contributed by atoms with Crippen molar-refractivity contribution < 1.29 is 14.3 Å². The minimum Gasteiger partial charge on any atom is -0.361 e. The van der Waals surface area contributed by atoms with Crippen molar-refractivity contribution in [2.45, 2.75) is 18.6 Å². The van der Waals surface area contributed by atoms with Crippen molar-refractivity contribution in [3.63, 3.8) is 0 Å². The number of carbonyl (C=O) groups is 2. The van der Waals surface area contributed by atoms with Crippen LogP contribution in [0.15, 0.2) is 36.5 Å². The van der Waals surface area contributed by atoms with E-state index in [1.54, 1.807) is 23.0 Å². The van der Waals surface area contributed by atoms with Crippen LogP contribution in [0.4, 0.5) is 4.79 Å². The number of likely N-dealkylation sites (N-methyl/N-ethyl adjacent to an activating group) is 1. The Morgan fingerprint density at radius 3 is 2.93 bits per heavy atom. The van der Waals surface area contributed by atoms with E-state index in [0.717, 1.165) is 23.2 Å². The number of aromatic nitrogens is 2. The highest BCUT2D eigenvalue weighted by Crippen LogP contribution is 2.29. The Bertz CT molecular complexity index is 837. The van der Waals surface area contributed by atoms with Crippen LogP contribution < -0.4 is 5.32 Å². The van der Waals surface area contributed by atoms with Crippen molar-refractivity contribution in [3.05, 3.63) is 42.1 Å². The Hall–Kier alpha value is -2.87. The van der Waals surface area contributed by atoms with E-state index in [1.807, 2.05) is 30.3 Å². The second-order valence-corrected chi connectivity index (χ2v) is 7.19. The highest BCUT2D eigenvalue weighted by Gasteiger charge is 2.45. The summed E-state index contributed by atoms with van der Waals surface area (Å²) in [7, 11) is 1.78. The number of rotatable bonds is 3. The van der Waals surface area contributed by atoms with Gasteiger partial charge in [0.2, 0.25) is 5.91 Å². The molecule has 0 unspecified atom stereocenters. The van der Waals surface area contributed by atoms with E-state index in [4.69, 9.17) is 4.74 Å². The molecule has 0 radical (unpaired) electrons. The number of likely N-dealkylation sites (tertiary alicyclic amines) is 1. The van der Waals surface area contributed by atoms with Gasteiger partial charge in [-0.1, -0.05) is 30.3 Å². The zero-order valence-corrected chi connectivity index (χ0v) is 15.3. The van der Waals surface area contributed by atoms with Gasteiger partial charge in [0.25, 0.3) is 0 Å². The van der Waals surface area contributed by atoms with Crippen LogP contribution in [0.1, 0.15) is 12.0 Å². The van der Waals surface area contributed by atoms with Crippen LogP contribution in [-0.2, 0) is 16.1 Å². The lowest BCUT2D eigenvalue weighted by Gasteiger charge is -2.38. The zero-order valence-electron chi connectivity index (χ0n) is 15.3. The molecule has 27 heavy (non-hydrogen) atoms. The lowest BCUT2D eigenvalue weighted by molar-refractivity contribution is -0.158. The number of urea groups is 1. The van der Waals surface area contributed by atoms with Gasteiger partial charge in [-0.25, -0.2) is 4.79 Å². The van der Waals surface area contributed by atoms with Crippen LogP contribution in [0.25, 0.3) is 11.3 Å². The average Bonchev–Trinajstić information content (AvgIpc) is 3.31. The summed E-state index contributed by atoms with van der Waals surface area (Å²) in [5.74, 6) is -0.0167. The third-order valence-electron chi connectivity index (χ3n) is 5.27. The summed E-state index contributed by atoms with van der Waals surface area (Å²) in [5, 5.41) is 10.1. The Labute approximate surface area is 157 Å². The molecular weight excluding hydrogens is 346 g/mol. The monoisotopic (exact) mass is 369 g/mol. The first-order valence-electron chi connectivity index (χ1n) is 9.05. The summed E-state index contributed by atoms with van der Waals surface area (Å²) in [4.78, 5) is 27.7. The summed E-state index contributed by atoms with van der Waals surface area (Å²) in [6.07, 6.45) is 2.47. The third-order valence-corrected chi connectivity index (χ3v) is 5.27. The number of hydrogen-bond acceptors (Lipinski definition) is 4. The van der Waals surface area contributed by atoms with Gasteiger partial charge in [-0.05, 0) is 12.0 Å². The molecule has 3 amide bonds. The molecule has 8 heteroatoms. The molecule has 2 saturated heterocycles. The van der Waals surface area contributed by atoms with Gasteiger partial charge in [-0.3, -0.25) is 9.89 Å². The standard InChI is InChI=1S/C19H23N5O3/c1-23-12-19(27-11-16(23)25)7-8-24(13-19)18(26)20-9-15-10-21-22-17(15)14-5-3-2-4-6-14/h2-6,10H,7-9,11-13H2,1H3,(H,20,26)(H,21,22)/t19-/m1/s1. The number of H-pyrrole nitrogens is 1. The molecule has 0 saturated carbocycles. The summed E-state index contributed by atoms with van der Waals surface area (Å²) in [6, 6.07) is 9.77. The van der Waals surface area contributed by atoms with Crippen molar-refractivity contribution in [2.24, 2.45) is 0 Å². The molecule has 1 aromatic carbocycles. The predicted octanol–water partition coefficient (Wildman–Crippen LogP) is 1.22. The first-order chi connectivity index (χ1) is 13.1.